The highest BCUT2D eigenvalue weighted by Gasteiger charge is 2.23. The number of amides is 1. The standard InChI is InChI=1S/C18H23FN4OS/c1-12-5-3-4-6-15(12)20-16(24)11-25-18-22-21-17(23(18)2)13-7-9-14(19)10-8-13/h7-10,12,15H,3-6,11H2,1-2H3,(H,20,24)/t12-,15+/m0/s1. The fraction of sp³-hybridized carbons (Fsp3) is 0.500. The Balaban J connectivity index is 1.58. The summed E-state index contributed by atoms with van der Waals surface area (Å²) in [5, 5.41) is 12.1. The summed E-state index contributed by atoms with van der Waals surface area (Å²) in [7, 11) is 1.85. The number of hydrogen-bond acceptors (Lipinski definition) is 4. The predicted molar refractivity (Wildman–Crippen MR) is 96.7 cm³/mol. The molecule has 134 valence electrons. The van der Waals surface area contributed by atoms with Crippen LogP contribution in [0.4, 0.5) is 4.39 Å². The SMILES string of the molecule is C[C@H]1CCCC[C@H]1NC(=O)CSc1nnc(-c2ccc(F)cc2)n1C. The zero-order valence-corrected chi connectivity index (χ0v) is 15.4. The number of halogens is 1. The maximum absolute atomic E-state index is 13.0. The van der Waals surface area contributed by atoms with E-state index in [1.165, 1.54) is 43.2 Å². The quantitative estimate of drug-likeness (QED) is 0.828. The highest BCUT2D eigenvalue weighted by atomic mass is 32.2. The van der Waals surface area contributed by atoms with Crippen molar-refractivity contribution in [2.75, 3.05) is 5.75 Å². The summed E-state index contributed by atoms with van der Waals surface area (Å²) in [6.07, 6.45) is 4.69. The van der Waals surface area contributed by atoms with Gasteiger partial charge in [-0.15, -0.1) is 10.2 Å². The summed E-state index contributed by atoms with van der Waals surface area (Å²) >= 11 is 1.37. The van der Waals surface area contributed by atoms with E-state index in [2.05, 4.69) is 22.4 Å². The van der Waals surface area contributed by atoms with Crippen LogP contribution in [0.3, 0.4) is 0 Å². The number of nitrogens with zero attached hydrogens (tertiary/aromatic N) is 3. The van der Waals surface area contributed by atoms with Crippen LogP contribution in [0.2, 0.25) is 0 Å². The van der Waals surface area contributed by atoms with E-state index in [0.29, 0.717) is 22.7 Å². The van der Waals surface area contributed by atoms with Gasteiger partial charge in [-0.05, 0) is 43.0 Å². The number of benzene rings is 1. The Bertz CT molecular complexity index is 731. The largest absolute Gasteiger partial charge is 0.352 e. The van der Waals surface area contributed by atoms with Gasteiger partial charge in [0.2, 0.25) is 5.91 Å². The zero-order chi connectivity index (χ0) is 17.8. The fourth-order valence-electron chi connectivity index (χ4n) is 3.20. The number of carbonyl (C=O) groups is 1. The van der Waals surface area contributed by atoms with Crippen LogP contribution in [0.25, 0.3) is 11.4 Å². The van der Waals surface area contributed by atoms with Crippen molar-refractivity contribution in [2.45, 2.75) is 43.8 Å². The van der Waals surface area contributed by atoms with Gasteiger partial charge in [-0.2, -0.15) is 0 Å². The topological polar surface area (TPSA) is 59.8 Å². The molecule has 7 heteroatoms. The lowest BCUT2D eigenvalue weighted by Gasteiger charge is -2.29. The van der Waals surface area contributed by atoms with Crippen LogP contribution in [-0.4, -0.2) is 32.5 Å². The van der Waals surface area contributed by atoms with Crippen LogP contribution in [0, 0.1) is 11.7 Å². The minimum atomic E-state index is -0.283. The summed E-state index contributed by atoms with van der Waals surface area (Å²) in [5.74, 6) is 1.27. The van der Waals surface area contributed by atoms with Crippen molar-refractivity contribution in [3.8, 4) is 11.4 Å². The van der Waals surface area contributed by atoms with Crippen molar-refractivity contribution in [3.05, 3.63) is 30.1 Å². The lowest BCUT2D eigenvalue weighted by atomic mass is 9.86. The van der Waals surface area contributed by atoms with Crippen LogP contribution in [-0.2, 0) is 11.8 Å². The molecule has 1 aliphatic rings. The van der Waals surface area contributed by atoms with Gasteiger partial charge >= 0.3 is 0 Å². The average molecular weight is 362 g/mol. The van der Waals surface area contributed by atoms with E-state index < -0.39 is 0 Å². The van der Waals surface area contributed by atoms with Crippen molar-refractivity contribution >= 4 is 17.7 Å². The molecule has 2 aromatic rings. The first-order valence-electron chi connectivity index (χ1n) is 8.62. The first kappa shape index (κ1) is 17.9. The van der Waals surface area contributed by atoms with Crippen LogP contribution < -0.4 is 5.32 Å². The smallest absolute Gasteiger partial charge is 0.230 e. The van der Waals surface area contributed by atoms with Gasteiger partial charge in [0.1, 0.15) is 5.82 Å². The van der Waals surface area contributed by atoms with Gasteiger partial charge in [0, 0.05) is 18.7 Å². The molecule has 0 bridgehead atoms. The molecule has 1 heterocycles. The van der Waals surface area contributed by atoms with Crippen molar-refractivity contribution in [2.24, 2.45) is 13.0 Å². The maximum atomic E-state index is 13.0. The molecule has 25 heavy (non-hydrogen) atoms. The molecular weight excluding hydrogens is 339 g/mol. The van der Waals surface area contributed by atoms with Gasteiger partial charge < -0.3 is 9.88 Å². The van der Waals surface area contributed by atoms with E-state index in [4.69, 9.17) is 0 Å². The molecule has 1 N–H and O–H groups in total. The van der Waals surface area contributed by atoms with Crippen molar-refractivity contribution < 1.29 is 9.18 Å². The molecule has 1 aliphatic carbocycles. The molecule has 0 unspecified atom stereocenters. The first-order valence-corrected chi connectivity index (χ1v) is 9.60. The normalized spacial score (nSPS) is 20.4. The molecule has 1 fully saturated rings. The molecule has 0 aliphatic heterocycles. The molecule has 1 saturated carbocycles. The number of thioether (sulfide) groups is 1. The molecular formula is C18H23FN4OS. The Hall–Kier alpha value is -1.89. The zero-order valence-electron chi connectivity index (χ0n) is 14.5. The Labute approximate surface area is 151 Å². The van der Waals surface area contributed by atoms with Gasteiger partial charge in [0.05, 0.1) is 5.75 Å². The van der Waals surface area contributed by atoms with E-state index in [9.17, 15) is 9.18 Å². The second kappa shape index (κ2) is 7.99. The molecule has 1 aromatic carbocycles. The minimum absolute atomic E-state index is 0.0371. The second-order valence-electron chi connectivity index (χ2n) is 6.60. The Morgan fingerprint density at radius 1 is 1.28 bits per heavy atom. The van der Waals surface area contributed by atoms with Gasteiger partial charge in [-0.1, -0.05) is 31.5 Å². The lowest BCUT2D eigenvalue weighted by molar-refractivity contribution is -0.119. The highest BCUT2D eigenvalue weighted by molar-refractivity contribution is 7.99. The summed E-state index contributed by atoms with van der Waals surface area (Å²) in [6, 6.07) is 6.43. The Kier molecular flexibility index (Phi) is 5.73. The number of aromatic nitrogens is 3. The number of hydrogen-bond donors (Lipinski definition) is 1. The molecule has 5 nitrogen and oxygen atoms in total. The third kappa shape index (κ3) is 4.39. The monoisotopic (exact) mass is 362 g/mol. The van der Waals surface area contributed by atoms with Gasteiger partial charge in [0.15, 0.2) is 11.0 Å². The van der Waals surface area contributed by atoms with Crippen molar-refractivity contribution in [1.29, 1.82) is 0 Å². The number of nitrogens with one attached hydrogen (secondary N) is 1. The summed E-state index contributed by atoms with van der Waals surface area (Å²) < 4.78 is 14.9. The Morgan fingerprint density at radius 3 is 2.72 bits per heavy atom. The lowest BCUT2D eigenvalue weighted by Crippen LogP contribution is -2.41. The van der Waals surface area contributed by atoms with Crippen molar-refractivity contribution in [1.82, 2.24) is 20.1 Å². The van der Waals surface area contributed by atoms with Crippen LogP contribution in [0.5, 0.6) is 0 Å². The highest BCUT2D eigenvalue weighted by Crippen LogP contribution is 2.25. The van der Waals surface area contributed by atoms with Gasteiger partial charge in [-0.25, -0.2) is 4.39 Å². The maximum Gasteiger partial charge on any atom is 0.230 e. The van der Waals surface area contributed by atoms with Crippen LogP contribution in [0.15, 0.2) is 29.4 Å². The Morgan fingerprint density at radius 2 is 2.00 bits per heavy atom. The molecule has 0 radical (unpaired) electrons. The molecule has 1 amide bonds. The fourth-order valence-corrected chi connectivity index (χ4v) is 3.92. The van der Waals surface area contributed by atoms with E-state index >= 15 is 0 Å². The average Bonchev–Trinajstić information content (AvgIpc) is 2.97. The van der Waals surface area contributed by atoms with Crippen molar-refractivity contribution in [3.63, 3.8) is 0 Å². The third-order valence-electron chi connectivity index (χ3n) is 4.73. The van der Waals surface area contributed by atoms with Crippen LogP contribution in [0.1, 0.15) is 32.6 Å². The number of rotatable bonds is 5. The van der Waals surface area contributed by atoms with E-state index in [1.807, 2.05) is 11.6 Å². The van der Waals surface area contributed by atoms with E-state index in [1.54, 1.807) is 12.1 Å². The van der Waals surface area contributed by atoms with Gasteiger partial charge in [-0.3, -0.25) is 4.79 Å². The van der Waals surface area contributed by atoms with E-state index in [-0.39, 0.29) is 17.8 Å². The van der Waals surface area contributed by atoms with Crippen LogP contribution >= 0.6 is 11.8 Å². The molecule has 2 atom stereocenters. The molecule has 3 rings (SSSR count). The summed E-state index contributed by atoms with van der Waals surface area (Å²) in [5.41, 5.74) is 0.795. The number of carbonyl (C=O) groups excluding carboxylic acids is 1. The molecule has 0 spiro atoms. The van der Waals surface area contributed by atoms with E-state index in [0.717, 1.165) is 12.0 Å². The first-order chi connectivity index (χ1) is 12.0. The molecule has 0 saturated heterocycles. The van der Waals surface area contributed by atoms with Gasteiger partial charge in [0.25, 0.3) is 0 Å². The summed E-state index contributed by atoms with van der Waals surface area (Å²) in [4.78, 5) is 12.2. The predicted octanol–water partition coefficient (Wildman–Crippen LogP) is 3.41. The second-order valence-corrected chi connectivity index (χ2v) is 7.54. The molecule has 1 aromatic heterocycles. The summed E-state index contributed by atoms with van der Waals surface area (Å²) in [6.45, 7) is 2.20. The minimum Gasteiger partial charge on any atom is -0.352 e. The third-order valence-corrected chi connectivity index (χ3v) is 5.75.